The first-order valence-electron chi connectivity index (χ1n) is 6.71. The molecule has 2 rings (SSSR count). The van der Waals surface area contributed by atoms with Gasteiger partial charge in [0, 0.05) is 24.6 Å². The lowest BCUT2D eigenvalue weighted by Crippen LogP contribution is -2.37. The summed E-state index contributed by atoms with van der Waals surface area (Å²) < 4.78 is 10.6. The van der Waals surface area contributed by atoms with Crippen LogP contribution in [0.15, 0.2) is 12.1 Å². The summed E-state index contributed by atoms with van der Waals surface area (Å²) in [6, 6.07) is 3.82. The molecule has 0 saturated carbocycles. The monoisotopic (exact) mass is 277 g/mol. The number of ether oxygens (including phenoxy) is 2. The number of nitrogens with zero attached hydrogens (tertiary/aromatic N) is 1. The molecule has 1 heterocycles. The molecule has 0 fully saturated rings. The van der Waals surface area contributed by atoms with E-state index in [0.717, 1.165) is 16.9 Å². The van der Waals surface area contributed by atoms with Gasteiger partial charge in [-0.3, -0.25) is 0 Å². The number of imidazole rings is 1. The molecular weight excluding hydrogens is 254 g/mol. The number of nitrogens with two attached hydrogens (primary N) is 1. The molecular formula is C15H23N3O2. The average molecular weight is 277 g/mol. The zero-order valence-corrected chi connectivity index (χ0v) is 12.8. The largest absolute Gasteiger partial charge is 0.493 e. The van der Waals surface area contributed by atoms with E-state index in [4.69, 9.17) is 15.2 Å². The van der Waals surface area contributed by atoms with E-state index in [1.54, 1.807) is 14.2 Å². The number of aromatic nitrogens is 2. The summed E-state index contributed by atoms with van der Waals surface area (Å²) in [5.74, 6) is 2.26. The molecule has 1 unspecified atom stereocenters. The molecule has 5 heteroatoms. The number of H-pyrrole nitrogens is 1. The molecule has 0 saturated heterocycles. The van der Waals surface area contributed by atoms with Gasteiger partial charge >= 0.3 is 0 Å². The first-order valence-corrected chi connectivity index (χ1v) is 6.71. The summed E-state index contributed by atoms with van der Waals surface area (Å²) in [5, 5.41) is 0. The summed E-state index contributed by atoms with van der Waals surface area (Å²) in [4.78, 5) is 7.88. The molecule has 20 heavy (non-hydrogen) atoms. The Labute approximate surface area is 119 Å². The van der Waals surface area contributed by atoms with Gasteiger partial charge in [-0.25, -0.2) is 4.98 Å². The maximum Gasteiger partial charge on any atom is 0.163 e. The Bertz CT molecular complexity index is 558. The van der Waals surface area contributed by atoms with E-state index in [2.05, 4.69) is 30.7 Å². The van der Waals surface area contributed by atoms with Crippen LogP contribution in [-0.2, 0) is 6.42 Å². The second-order valence-electron chi connectivity index (χ2n) is 6.08. The molecule has 0 radical (unpaired) electrons. The predicted octanol–water partition coefficient (Wildman–Crippen LogP) is 2.50. The van der Waals surface area contributed by atoms with Gasteiger partial charge in [-0.2, -0.15) is 0 Å². The number of fused-ring (bicyclic) bond motifs is 1. The Balaban J connectivity index is 2.34. The number of hydrogen-bond donors (Lipinski definition) is 2. The van der Waals surface area contributed by atoms with Crippen LogP contribution in [0.5, 0.6) is 11.5 Å². The zero-order valence-electron chi connectivity index (χ0n) is 12.8. The van der Waals surface area contributed by atoms with Crippen molar-refractivity contribution >= 4 is 11.0 Å². The highest BCUT2D eigenvalue weighted by Crippen LogP contribution is 2.31. The average Bonchev–Trinajstić information content (AvgIpc) is 2.76. The van der Waals surface area contributed by atoms with Crippen LogP contribution in [0.2, 0.25) is 0 Å². The fraction of sp³-hybridized carbons (Fsp3) is 0.533. The second-order valence-corrected chi connectivity index (χ2v) is 6.08. The van der Waals surface area contributed by atoms with Gasteiger partial charge < -0.3 is 20.2 Å². The van der Waals surface area contributed by atoms with Gasteiger partial charge in [0.15, 0.2) is 11.5 Å². The highest BCUT2D eigenvalue weighted by molar-refractivity contribution is 5.79. The minimum absolute atomic E-state index is 0.0480. The molecule has 1 atom stereocenters. The van der Waals surface area contributed by atoms with E-state index in [1.165, 1.54) is 0 Å². The number of nitrogens with one attached hydrogen (secondary N) is 1. The van der Waals surface area contributed by atoms with Gasteiger partial charge in [-0.1, -0.05) is 20.8 Å². The Morgan fingerprint density at radius 3 is 2.35 bits per heavy atom. The SMILES string of the molecule is COc1cc2nc(CC(N)C(C)(C)C)[nH]c2cc1OC. The van der Waals surface area contributed by atoms with Gasteiger partial charge in [0.2, 0.25) is 0 Å². The summed E-state index contributed by atoms with van der Waals surface area (Å²) in [7, 11) is 3.24. The van der Waals surface area contributed by atoms with Gasteiger partial charge in [-0.05, 0) is 5.41 Å². The van der Waals surface area contributed by atoms with Crippen molar-refractivity contribution in [3.63, 3.8) is 0 Å². The minimum Gasteiger partial charge on any atom is -0.493 e. The number of aromatic amines is 1. The fourth-order valence-corrected chi connectivity index (χ4v) is 2.00. The van der Waals surface area contributed by atoms with E-state index in [1.807, 2.05) is 12.1 Å². The van der Waals surface area contributed by atoms with E-state index in [-0.39, 0.29) is 11.5 Å². The smallest absolute Gasteiger partial charge is 0.163 e. The van der Waals surface area contributed by atoms with Crippen molar-refractivity contribution in [2.75, 3.05) is 14.2 Å². The zero-order chi connectivity index (χ0) is 14.9. The third kappa shape index (κ3) is 2.88. The highest BCUT2D eigenvalue weighted by atomic mass is 16.5. The second kappa shape index (κ2) is 5.32. The van der Waals surface area contributed by atoms with E-state index in [0.29, 0.717) is 17.9 Å². The summed E-state index contributed by atoms with van der Waals surface area (Å²) in [6.07, 6.45) is 0.711. The Morgan fingerprint density at radius 1 is 1.20 bits per heavy atom. The van der Waals surface area contributed by atoms with Crippen molar-refractivity contribution in [3.8, 4) is 11.5 Å². The van der Waals surface area contributed by atoms with Crippen LogP contribution < -0.4 is 15.2 Å². The summed E-state index contributed by atoms with van der Waals surface area (Å²) in [6.45, 7) is 6.39. The van der Waals surface area contributed by atoms with Crippen LogP contribution in [0.25, 0.3) is 11.0 Å². The molecule has 110 valence electrons. The van der Waals surface area contributed by atoms with Gasteiger partial charge in [-0.15, -0.1) is 0 Å². The lowest BCUT2D eigenvalue weighted by Gasteiger charge is -2.26. The van der Waals surface area contributed by atoms with Crippen LogP contribution in [0.3, 0.4) is 0 Å². The topological polar surface area (TPSA) is 73.2 Å². The fourth-order valence-electron chi connectivity index (χ4n) is 2.00. The van der Waals surface area contributed by atoms with E-state index >= 15 is 0 Å². The van der Waals surface area contributed by atoms with Gasteiger partial charge in [0.1, 0.15) is 5.82 Å². The van der Waals surface area contributed by atoms with Crippen molar-refractivity contribution in [1.82, 2.24) is 9.97 Å². The quantitative estimate of drug-likeness (QED) is 0.900. The molecule has 0 amide bonds. The van der Waals surface area contributed by atoms with Gasteiger partial charge in [0.25, 0.3) is 0 Å². The van der Waals surface area contributed by atoms with Crippen molar-refractivity contribution in [2.24, 2.45) is 11.1 Å². The Hall–Kier alpha value is -1.75. The summed E-state index contributed by atoms with van der Waals surface area (Å²) in [5.41, 5.74) is 8.05. The van der Waals surface area contributed by atoms with Crippen molar-refractivity contribution in [3.05, 3.63) is 18.0 Å². The number of benzene rings is 1. The summed E-state index contributed by atoms with van der Waals surface area (Å²) >= 11 is 0. The third-order valence-corrected chi connectivity index (χ3v) is 3.56. The molecule has 1 aromatic heterocycles. The first-order chi connectivity index (χ1) is 9.35. The first kappa shape index (κ1) is 14.7. The molecule has 5 nitrogen and oxygen atoms in total. The molecule has 1 aromatic carbocycles. The molecule has 0 aliphatic carbocycles. The van der Waals surface area contributed by atoms with Crippen molar-refractivity contribution in [1.29, 1.82) is 0 Å². The molecule has 0 bridgehead atoms. The maximum absolute atomic E-state index is 6.21. The third-order valence-electron chi connectivity index (χ3n) is 3.56. The molecule has 0 aliphatic rings. The van der Waals surface area contributed by atoms with Crippen LogP contribution in [-0.4, -0.2) is 30.2 Å². The number of hydrogen-bond acceptors (Lipinski definition) is 4. The Kier molecular flexibility index (Phi) is 3.90. The predicted molar refractivity (Wildman–Crippen MR) is 80.3 cm³/mol. The van der Waals surface area contributed by atoms with E-state index < -0.39 is 0 Å². The van der Waals surface area contributed by atoms with E-state index in [9.17, 15) is 0 Å². The number of methoxy groups -OCH3 is 2. The maximum atomic E-state index is 6.21. The minimum atomic E-state index is 0.0480. The molecule has 0 aliphatic heterocycles. The number of rotatable bonds is 4. The standard InChI is InChI=1S/C15H23N3O2/c1-15(2,3)13(16)8-14-17-9-6-11(19-4)12(20-5)7-10(9)18-14/h6-7,13H,8,16H2,1-5H3,(H,17,18). The molecule has 2 aromatic rings. The van der Waals surface area contributed by atoms with Crippen LogP contribution in [0, 0.1) is 5.41 Å². The molecule has 0 spiro atoms. The lowest BCUT2D eigenvalue weighted by molar-refractivity contribution is 0.315. The Morgan fingerprint density at radius 2 is 1.80 bits per heavy atom. The lowest BCUT2D eigenvalue weighted by atomic mass is 9.85. The van der Waals surface area contributed by atoms with Crippen LogP contribution >= 0.6 is 0 Å². The van der Waals surface area contributed by atoms with Crippen LogP contribution in [0.1, 0.15) is 26.6 Å². The van der Waals surface area contributed by atoms with Crippen molar-refractivity contribution < 1.29 is 9.47 Å². The van der Waals surface area contributed by atoms with Gasteiger partial charge in [0.05, 0.1) is 25.3 Å². The normalized spacial score (nSPS) is 13.5. The highest BCUT2D eigenvalue weighted by Gasteiger charge is 2.22. The van der Waals surface area contributed by atoms with Crippen LogP contribution in [0.4, 0.5) is 0 Å². The molecule has 3 N–H and O–H groups in total. The van der Waals surface area contributed by atoms with Crippen molar-refractivity contribution in [2.45, 2.75) is 33.2 Å².